The van der Waals surface area contributed by atoms with E-state index in [1.54, 1.807) is 0 Å². The molecule has 0 spiro atoms. The molecule has 1 aromatic rings. The SMILES string of the molecule is NCCCCC(=O)c1cccc(F)c1F. The number of hydrogen-bond acceptors (Lipinski definition) is 2. The van der Waals surface area contributed by atoms with Crippen molar-refractivity contribution < 1.29 is 13.6 Å². The van der Waals surface area contributed by atoms with Crippen molar-refractivity contribution in [3.63, 3.8) is 0 Å². The highest BCUT2D eigenvalue weighted by molar-refractivity contribution is 5.96. The minimum absolute atomic E-state index is 0.174. The molecule has 0 atom stereocenters. The second-order valence-corrected chi connectivity index (χ2v) is 3.27. The fourth-order valence-electron chi connectivity index (χ4n) is 1.28. The molecule has 0 saturated carbocycles. The van der Waals surface area contributed by atoms with Gasteiger partial charge in [0.15, 0.2) is 17.4 Å². The Morgan fingerprint density at radius 1 is 1.27 bits per heavy atom. The normalized spacial score (nSPS) is 10.3. The predicted octanol–water partition coefficient (Wildman–Crippen LogP) is 2.28. The summed E-state index contributed by atoms with van der Waals surface area (Å²) in [6.07, 6.45) is 1.52. The summed E-state index contributed by atoms with van der Waals surface area (Å²) in [4.78, 5) is 11.4. The van der Waals surface area contributed by atoms with E-state index in [-0.39, 0.29) is 17.8 Å². The molecule has 0 heterocycles. The van der Waals surface area contributed by atoms with Crippen LogP contribution >= 0.6 is 0 Å². The van der Waals surface area contributed by atoms with E-state index in [0.29, 0.717) is 19.4 Å². The Balaban J connectivity index is 2.69. The van der Waals surface area contributed by atoms with Crippen molar-refractivity contribution in [3.05, 3.63) is 35.4 Å². The summed E-state index contributed by atoms with van der Waals surface area (Å²) >= 11 is 0. The summed E-state index contributed by atoms with van der Waals surface area (Å²) in [6, 6.07) is 3.61. The maximum absolute atomic E-state index is 13.1. The lowest BCUT2D eigenvalue weighted by molar-refractivity contribution is 0.0974. The number of Topliss-reactive ketones (excluding diaryl/α,β-unsaturated/α-hetero) is 1. The second kappa shape index (κ2) is 5.56. The van der Waals surface area contributed by atoms with E-state index in [0.717, 1.165) is 6.07 Å². The molecule has 2 N–H and O–H groups in total. The molecule has 82 valence electrons. The molecule has 4 heteroatoms. The number of ketones is 1. The van der Waals surface area contributed by atoms with Gasteiger partial charge in [0.05, 0.1) is 5.56 Å². The van der Waals surface area contributed by atoms with Crippen LogP contribution in [0.5, 0.6) is 0 Å². The second-order valence-electron chi connectivity index (χ2n) is 3.27. The summed E-state index contributed by atoms with van der Waals surface area (Å²) in [5.41, 5.74) is 5.09. The molecule has 0 aliphatic carbocycles. The third-order valence-corrected chi connectivity index (χ3v) is 2.11. The maximum atomic E-state index is 13.1. The number of halogens is 2. The van der Waals surface area contributed by atoms with Gasteiger partial charge in [0.2, 0.25) is 0 Å². The van der Waals surface area contributed by atoms with E-state index in [1.165, 1.54) is 12.1 Å². The van der Waals surface area contributed by atoms with Crippen LogP contribution < -0.4 is 5.73 Å². The van der Waals surface area contributed by atoms with Crippen LogP contribution in [0.2, 0.25) is 0 Å². The first kappa shape index (κ1) is 11.8. The number of carbonyl (C=O) groups is 1. The molecular formula is C11H13F2NO. The number of unbranched alkanes of at least 4 members (excludes halogenated alkanes) is 1. The molecule has 0 aliphatic rings. The van der Waals surface area contributed by atoms with Crippen molar-refractivity contribution in [2.24, 2.45) is 5.73 Å². The molecule has 15 heavy (non-hydrogen) atoms. The summed E-state index contributed by atoms with van der Waals surface area (Å²) in [6.45, 7) is 0.499. The molecule has 0 bridgehead atoms. The smallest absolute Gasteiger partial charge is 0.169 e. The van der Waals surface area contributed by atoms with Crippen LogP contribution in [0.3, 0.4) is 0 Å². The van der Waals surface area contributed by atoms with Gasteiger partial charge in [-0.25, -0.2) is 8.78 Å². The highest BCUT2D eigenvalue weighted by atomic mass is 19.2. The first-order chi connectivity index (χ1) is 7.16. The molecule has 1 rings (SSSR count). The monoisotopic (exact) mass is 213 g/mol. The van der Waals surface area contributed by atoms with Crippen molar-refractivity contribution >= 4 is 5.78 Å². The molecule has 0 fully saturated rings. The Morgan fingerprint density at radius 3 is 2.67 bits per heavy atom. The van der Waals surface area contributed by atoms with Crippen LogP contribution in [0, 0.1) is 11.6 Å². The highest BCUT2D eigenvalue weighted by Crippen LogP contribution is 2.14. The van der Waals surface area contributed by atoms with Gasteiger partial charge in [-0.15, -0.1) is 0 Å². The lowest BCUT2D eigenvalue weighted by Gasteiger charge is -2.02. The number of nitrogens with two attached hydrogens (primary N) is 1. The van der Waals surface area contributed by atoms with Gasteiger partial charge in [0.1, 0.15) is 0 Å². The summed E-state index contributed by atoms with van der Waals surface area (Å²) in [7, 11) is 0. The zero-order valence-electron chi connectivity index (χ0n) is 8.30. The minimum atomic E-state index is -1.06. The van der Waals surface area contributed by atoms with Crippen molar-refractivity contribution in [2.75, 3.05) is 6.54 Å². The topological polar surface area (TPSA) is 43.1 Å². The molecule has 0 amide bonds. The maximum Gasteiger partial charge on any atom is 0.169 e. The Kier molecular flexibility index (Phi) is 4.37. The van der Waals surface area contributed by atoms with E-state index in [9.17, 15) is 13.6 Å². The van der Waals surface area contributed by atoms with E-state index >= 15 is 0 Å². The van der Waals surface area contributed by atoms with Crippen molar-refractivity contribution in [2.45, 2.75) is 19.3 Å². The lowest BCUT2D eigenvalue weighted by atomic mass is 10.0. The van der Waals surface area contributed by atoms with Crippen LogP contribution in [-0.2, 0) is 0 Å². The largest absolute Gasteiger partial charge is 0.330 e. The third kappa shape index (κ3) is 3.09. The molecule has 0 radical (unpaired) electrons. The Bertz CT molecular complexity index is 352. The van der Waals surface area contributed by atoms with Crippen LogP contribution in [0.1, 0.15) is 29.6 Å². The first-order valence-corrected chi connectivity index (χ1v) is 4.84. The van der Waals surface area contributed by atoms with Crippen LogP contribution in [0.4, 0.5) is 8.78 Å². The number of benzene rings is 1. The number of carbonyl (C=O) groups excluding carboxylic acids is 1. The van der Waals surface area contributed by atoms with Gasteiger partial charge in [0, 0.05) is 6.42 Å². The van der Waals surface area contributed by atoms with E-state index in [1.807, 2.05) is 0 Å². The van der Waals surface area contributed by atoms with Crippen molar-refractivity contribution in [1.29, 1.82) is 0 Å². The fraction of sp³-hybridized carbons (Fsp3) is 0.364. The van der Waals surface area contributed by atoms with E-state index < -0.39 is 11.6 Å². The van der Waals surface area contributed by atoms with Gasteiger partial charge in [-0.2, -0.15) is 0 Å². The van der Waals surface area contributed by atoms with Gasteiger partial charge < -0.3 is 5.73 Å². The average Bonchev–Trinajstić information content (AvgIpc) is 2.22. The summed E-state index contributed by atoms with van der Waals surface area (Å²) < 4.78 is 25.9. The molecular weight excluding hydrogens is 200 g/mol. The van der Waals surface area contributed by atoms with Crippen LogP contribution in [-0.4, -0.2) is 12.3 Å². The zero-order chi connectivity index (χ0) is 11.3. The quantitative estimate of drug-likeness (QED) is 0.602. The standard InChI is InChI=1S/C11H13F2NO/c12-9-5-3-4-8(11(9)13)10(15)6-1-2-7-14/h3-5H,1-2,6-7,14H2. The number of hydrogen-bond donors (Lipinski definition) is 1. The van der Waals surface area contributed by atoms with E-state index in [4.69, 9.17) is 5.73 Å². The Hall–Kier alpha value is -1.29. The van der Waals surface area contributed by atoms with Gasteiger partial charge in [0.25, 0.3) is 0 Å². The third-order valence-electron chi connectivity index (χ3n) is 2.11. The molecule has 1 aromatic carbocycles. The number of rotatable bonds is 5. The van der Waals surface area contributed by atoms with E-state index in [2.05, 4.69) is 0 Å². The molecule has 2 nitrogen and oxygen atoms in total. The average molecular weight is 213 g/mol. The predicted molar refractivity (Wildman–Crippen MR) is 53.6 cm³/mol. The zero-order valence-corrected chi connectivity index (χ0v) is 8.30. The van der Waals surface area contributed by atoms with Gasteiger partial charge >= 0.3 is 0 Å². The first-order valence-electron chi connectivity index (χ1n) is 4.84. The van der Waals surface area contributed by atoms with Gasteiger partial charge in [-0.1, -0.05) is 6.07 Å². The highest BCUT2D eigenvalue weighted by Gasteiger charge is 2.14. The van der Waals surface area contributed by atoms with Gasteiger partial charge in [-0.3, -0.25) is 4.79 Å². The summed E-state index contributed by atoms with van der Waals surface area (Å²) in [5, 5.41) is 0. The summed E-state index contributed by atoms with van der Waals surface area (Å²) in [5.74, 6) is -2.42. The fourth-order valence-corrected chi connectivity index (χ4v) is 1.28. The van der Waals surface area contributed by atoms with Gasteiger partial charge in [-0.05, 0) is 31.5 Å². The Morgan fingerprint density at radius 2 is 2.00 bits per heavy atom. The van der Waals surface area contributed by atoms with Crippen molar-refractivity contribution in [3.8, 4) is 0 Å². The minimum Gasteiger partial charge on any atom is -0.330 e. The van der Waals surface area contributed by atoms with Crippen LogP contribution in [0.25, 0.3) is 0 Å². The Labute approximate surface area is 87.1 Å². The van der Waals surface area contributed by atoms with Crippen LogP contribution in [0.15, 0.2) is 18.2 Å². The lowest BCUT2D eigenvalue weighted by Crippen LogP contribution is -2.05. The van der Waals surface area contributed by atoms with Crippen molar-refractivity contribution in [1.82, 2.24) is 0 Å². The molecule has 0 saturated heterocycles. The molecule has 0 aromatic heterocycles. The molecule has 0 unspecified atom stereocenters. The molecule has 0 aliphatic heterocycles.